The summed E-state index contributed by atoms with van der Waals surface area (Å²) < 4.78 is 0. The average Bonchev–Trinajstić information content (AvgIpc) is 2.22. The van der Waals surface area contributed by atoms with Crippen LogP contribution in [0.1, 0.15) is 72.6 Å². The first-order valence-electron chi connectivity index (χ1n) is 6.55. The molecule has 1 heteroatoms. The van der Waals surface area contributed by atoms with Gasteiger partial charge in [-0.05, 0) is 18.9 Å². The van der Waals surface area contributed by atoms with Crippen LogP contribution in [-0.4, -0.2) is 6.54 Å². The molecule has 2 N–H and O–H groups in total. The van der Waals surface area contributed by atoms with Gasteiger partial charge in [0, 0.05) is 0 Å². The van der Waals surface area contributed by atoms with Crippen LogP contribution in [0.25, 0.3) is 0 Å². The Balaban J connectivity index is 0. The molecule has 0 aromatic rings. The summed E-state index contributed by atoms with van der Waals surface area (Å²) in [5, 5.41) is 0. The summed E-state index contributed by atoms with van der Waals surface area (Å²) in [7, 11) is 0. The monoisotopic (exact) mass is 201 g/mol. The highest BCUT2D eigenvalue weighted by Gasteiger charge is 2.05. The first-order chi connectivity index (χ1) is 6.85. The van der Waals surface area contributed by atoms with Crippen LogP contribution in [0, 0.1) is 5.92 Å². The van der Waals surface area contributed by atoms with Crippen molar-refractivity contribution in [3.8, 4) is 0 Å². The standard InChI is InChI=1S/C11H25N.C2H6/c1-3-7-11(8-4-2)9-5-6-10-12;1-2/h11H,3-10,12H2,1-2H3;1-2H3. The predicted molar refractivity (Wildman–Crippen MR) is 67.6 cm³/mol. The van der Waals surface area contributed by atoms with Gasteiger partial charge in [-0.25, -0.2) is 0 Å². The quantitative estimate of drug-likeness (QED) is 0.580. The van der Waals surface area contributed by atoms with Crippen LogP contribution in [0.2, 0.25) is 0 Å². The van der Waals surface area contributed by atoms with E-state index in [1.54, 1.807) is 0 Å². The normalized spacial score (nSPS) is 9.86. The Morgan fingerprint density at radius 2 is 1.36 bits per heavy atom. The summed E-state index contributed by atoms with van der Waals surface area (Å²) in [5.74, 6) is 0.978. The zero-order valence-electron chi connectivity index (χ0n) is 10.8. The summed E-state index contributed by atoms with van der Waals surface area (Å²) in [6.07, 6.45) is 9.46. The van der Waals surface area contributed by atoms with Gasteiger partial charge in [0.05, 0.1) is 0 Å². The van der Waals surface area contributed by atoms with Crippen LogP contribution in [0.5, 0.6) is 0 Å². The number of unbranched alkanes of at least 4 members (excludes halogenated alkanes) is 1. The maximum Gasteiger partial charge on any atom is -0.00773 e. The second kappa shape index (κ2) is 15.4. The Labute approximate surface area is 91.5 Å². The van der Waals surface area contributed by atoms with Crippen LogP contribution in [0.3, 0.4) is 0 Å². The van der Waals surface area contributed by atoms with Gasteiger partial charge in [0.2, 0.25) is 0 Å². The van der Waals surface area contributed by atoms with Crippen LogP contribution < -0.4 is 5.73 Å². The minimum Gasteiger partial charge on any atom is -0.330 e. The Kier molecular flexibility index (Phi) is 18.1. The first kappa shape index (κ1) is 16.4. The molecule has 0 radical (unpaired) electrons. The van der Waals surface area contributed by atoms with Crippen LogP contribution in [-0.2, 0) is 0 Å². The third kappa shape index (κ3) is 12.0. The summed E-state index contributed by atoms with van der Waals surface area (Å²) >= 11 is 0. The van der Waals surface area contributed by atoms with Gasteiger partial charge < -0.3 is 5.73 Å². The molecule has 1 nitrogen and oxygen atoms in total. The van der Waals surface area contributed by atoms with Crippen LogP contribution in [0.15, 0.2) is 0 Å². The molecular weight excluding hydrogens is 170 g/mol. The van der Waals surface area contributed by atoms with Crippen molar-refractivity contribution in [1.29, 1.82) is 0 Å². The first-order valence-corrected chi connectivity index (χ1v) is 6.55. The molecule has 0 saturated carbocycles. The second-order valence-electron chi connectivity index (χ2n) is 3.73. The van der Waals surface area contributed by atoms with Gasteiger partial charge in [-0.1, -0.05) is 66.2 Å². The van der Waals surface area contributed by atoms with Crippen molar-refractivity contribution in [3.05, 3.63) is 0 Å². The molecule has 0 atom stereocenters. The highest BCUT2D eigenvalue weighted by molar-refractivity contribution is 4.58. The van der Waals surface area contributed by atoms with Crippen LogP contribution in [0.4, 0.5) is 0 Å². The maximum atomic E-state index is 5.46. The zero-order chi connectivity index (χ0) is 11.2. The summed E-state index contributed by atoms with van der Waals surface area (Å²) in [4.78, 5) is 0. The molecular formula is C13H31N. The predicted octanol–water partition coefficient (Wildman–Crippen LogP) is 4.36. The molecule has 0 fully saturated rings. The van der Waals surface area contributed by atoms with E-state index in [0.29, 0.717) is 0 Å². The van der Waals surface area contributed by atoms with E-state index in [1.807, 2.05) is 13.8 Å². The Hall–Kier alpha value is -0.0400. The summed E-state index contributed by atoms with van der Waals surface area (Å²) in [6, 6.07) is 0. The van der Waals surface area contributed by atoms with Gasteiger partial charge in [0.15, 0.2) is 0 Å². The van der Waals surface area contributed by atoms with Crippen LogP contribution >= 0.6 is 0 Å². The zero-order valence-corrected chi connectivity index (χ0v) is 10.8. The summed E-state index contributed by atoms with van der Waals surface area (Å²) in [5.41, 5.74) is 5.46. The van der Waals surface area contributed by atoms with E-state index in [0.717, 1.165) is 12.5 Å². The number of rotatable bonds is 8. The average molecular weight is 201 g/mol. The fraction of sp³-hybridized carbons (Fsp3) is 1.00. The fourth-order valence-electron chi connectivity index (χ4n) is 1.83. The number of nitrogens with two attached hydrogens (primary N) is 1. The Morgan fingerprint density at radius 3 is 1.71 bits per heavy atom. The minimum atomic E-state index is 0.866. The van der Waals surface area contributed by atoms with Gasteiger partial charge in [-0.2, -0.15) is 0 Å². The molecule has 0 heterocycles. The van der Waals surface area contributed by atoms with E-state index in [9.17, 15) is 0 Å². The third-order valence-corrected chi connectivity index (χ3v) is 2.46. The SMILES string of the molecule is CC.CCCC(CCC)CCCCN. The molecule has 0 rings (SSSR count). The maximum absolute atomic E-state index is 5.46. The lowest BCUT2D eigenvalue weighted by Gasteiger charge is -2.14. The van der Waals surface area contributed by atoms with Crippen molar-refractivity contribution >= 4 is 0 Å². The van der Waals surface area contributed by atoms with Gasteiger partial charge in [-0.3, -0.25) is 0 Å². The van der Waals surface area contributed by atoms with Gasteiger partial charge in [0.1, 0.15) is 0 Å². The molecule has 0 amide bonds. The lowest BCUT2D eigenvalue weighted by Crippen LogP contribution is -2.03. The molecule has 0 aliphatic rings. The summed E-state index contributed by atoms with van der Waals surface area (Å²) in [6.45, 7) is 9.43. The number of hydrogen-bond acceptors (Lipinski definition) is 1. The highest BCUT2D eigenvalue weighted by atomic mass is 14.5. The smallest absolute Gasteiger partial charge is 0.00773 e. The van der Waals surface area contributed by atoms with Crippen molar-refractivity contribution in [3.63, 3.8) is 0 Å². The molecule has 0 bridgehead atoms. The molecule has 0 aliphatic heterocycles. The third-order valence-electron chi connectivity index (χ3n) is 2.46. The Morgan fingerprint density at radius 1 is 0.857 bits per heavy atom. The van der Waals surface area contributed by atoms with E-state index in [-0.39, 0.29) is 0 Å². The van der Waals surface area contributed by atoms with E-state index in [1.165, 1.54) is 44.9 Å². The lowest BCUT2D eigenvalue weighted by molar-refractivity contribution is 0.396. The highest BCUT2D eigenvalue weighted by Crippen LogP contribution is 2.19. The van der Waals surface area contributed by atoms with E-state index < -0.39 is 0 Å². The van der Waals surface area contributed by atoms with Gasteiger partial charge >= 0.3 is 0 Å². The second-order valence-corrected chi connectivity index (χ2v) is 3.73. The molecule has 0 aliphatic carbocycles. The molecule has 0 aromatic heterocycles. The Bertz CT molecular complexity index is 75.3. The molecule has 14 heavy (non-hydrogen) atoms. The van der Waals surface area contributed by atoms with Crippen molar-refractivity contribution in [2.45, 2.75) is 72.6 Å². The van der Waals surface area contributed by atoms with Crippen molar-refractivity contribution in [1.82, 2.24) is 0 Å². The van der Waals surface area contributed by atoms with Gasteiger partial charge in [0.25, 0.3) is 0 Å². The van der Waals surface area contributed by atoms with E-state index in [2.05, 4.69) is 13.8 Å². The number of hydrogen-bond donors (Lipinski definition) is 1. The van der Waals surface area contributed by atoms with E-state index in [4.69, 9.17) is 5.73 Å². The molecule has 0 saturated heterocycles. The van der Waals surface area contributed by atoms with E-state index >= 15 is 0 Å². The van der Waals surface area contributed by atoms with Crippen molar-refractivity contribution in [2.24, 2.45) is 11.7 Å². The van der Waals surface area contributed by atoms with Crippen molar-refractivity contribution < 1.29 is 0 Å². The molecule has 0 unspecified atom stereocenters. The topological polar surface area (TPSA) is 26.0 Å². The fourth-order valence-corrected chi connectivity index (χ4v) is 1.83. The lowest BCUT2D eigenvalue weighted by atomic mass is 9.93. The largest absolute Gasteiger partial charge is 0.330 e. The molecule has 0 aromatic carbocycles. The molecule has 0 spiro atoms. The van der Waals surface area contributed by atoms with Gasteiger partial charge in [-0.15, -0.1) is 0 Å². The molecule has 88 valence electrons. The van der Waals surface area contributed by atoms with Crippen molar-refractivity contribution in [2.75, 3.05) is 6.54 Å². The minimum absolute atomic E-state index is 0.866.